The predicted octanol–water partition coefficient (Wildman–Crippen LogP) is 3.59. The fourth-order valence-electron chi connectivity index (χ4n) is 7.28. The molecule has 0 amide bonds. The molecule has 4 rings (SSSR count). The Labute approximate surface area is 180 Å². The summed E-state index contributed by atoms with van der Waals surface area (Å²) in [5, 5.41) is 11.2. The Morgan fingerprint density at radius 1 is 1.29 bits per heavy atom. The normalized spacial score (nSPS) is 48.4. The first-order valence-electron chi connectivity index (χ1n) is 11.1. The number of halogens is 2. The number of esters is 1. The minimum atomic E-state index is -2.20. The van der Waals surface area contributed by atoms with E-state index in [1.165, 1.54) is 26.0 Å². The highest BCUT2D eigenvalue weighted by atomic mass is 19.1. The first-order valence-corrected chi connectivity index (χ1v) is 11.1. The molecule has 1 N–H and O–H groups in total. The van der Waals surface area contributed by atoms with Crippen LogP contribution in [0.3, 0.4) is 0 Å². The minimum absolute atomic E-state index is 0.0645. The van der Waals surface area contributed by atoms with Crippen LogP contribution < -0.4 is 0 Å². The van der Waals surface area contributed by atoms with Gasteiger partial charge in [-0.1, -0.05) is 19.9 Å². The summed E-state index contributed by atoms with van der Waals surface area (Å²) in [6.45, 7) is 6.29. The highest BCUT2D eigenvalue weighted by molar-refractivity contribution is 6.01. The lowest BCUT2D eigenvalue weighted by atomic mass is 9.44. The van der Waals surface area contributed by atoms with E-state index in [4.69, 9.17) is 4.74 Å². The number of ether oxygens (including phenoxy) is 1. The summed E-state index contributed by atoms with van der Waals surface area (Å²) < 4.78 is 38.1. The number of rotatable bonds is 3. The summed E-state index contributed by atoms with van der Waals surface area (Å²) >= 11 is 0. The standard InChI is InChI=1S/C24H30F2O5/c1-5-20(30)31-23(13(2)27)9-7-15-16-11-18(25)17-10-14(28)6-8-21(17,3)24(16,26)19(29)12-22(15,23)4/h6,8,10,15-16,18-19,29H,5,7,9,11-12H2,1-4H3/t15-,16-,18-,19-,21-,22-,23-,24-/m0/s1. The molecule has 3 fully saturated rings. The van der Waals surface area contributed by atoms with E-state index in [1.807, 2.05) is 0 Å². The number of hydrogen-bond acceptors (Lipinski definition) is 5. The fourth-order valence-corrected chi connectivity index (χ4v) is 7.28. The third-order valence-corrected chi connectivity index (χ3v) is 8.89. The number of carbonyl (C=O) groups excluding carboxylic acids is 3. The van der Waals surface area contributed by atoms with Gasteiger partial charge in [0.15, 0.2) is 22.8 Å². The average molecular weight is 436 g/mol. The quantitative estimate of drug-likeness (QED) is 0.684. The van der Waals surface area contributed by atoms with Gasteiger partial charge in [0, 0.05) is 23.2 Å². The van der Waals surface area contributed by atoms with Crippen molar-refractivity contribution in [2.75, 3.05) is 0 Å². The maximum Gasteiger partial charge on any atom is 0.306 e. The van der Waals surface area contributed by atoms with Crippen molar-refractivity contribution in [2.45, 2.75) is 83.3 Å². The zero-order valence-corrected chi connectivity index (χ0v) is 18.4. The Balaban J connectivity index is 1.84. The van der Waals surface area contributed by atoms with E-state index in [0.717, 1.165) is 6.08 Å². The molecule has 0 unspecified atom stereocenters. The molecule has 0 aromatic carbocycles. The van der Waals surface area contributed by atoms with Crippen molar-refractivity contribution in [2.24, 2.45) is 22.7 Å². The van der Waals surface area contributed by atoms with Crippen LogP contribution in [0.2, 0.25) is 0 Å². The number of aliphatic hydroxyl groups is 1. The number of ketones is 2. The second-order valence-electron chi connectivity index (χ2n) is 10.1. The maximum absolute atomic E-state index is 17.0. The lowest BCUT2D eigenvalue weighted by Gasteiger charge is -2.63. The first-order chi connectivity index (χ1) is 14.4. The van der Waals surface area contributed by atoms with Gasteiger partial charge >= 0.3 is 5.97 Å². The van der Waals surface area contributed by atoms with Crippen LogP contribution >= 0.6 is 0 Å². The van der Waals surface area contributed by atoms with Gasteiger partial charge in [0.25, 0.3) is 0 Å². The molecule has 0 radical (unpaired) electrons. The molecule has 170 valence electrons. The molecular weight excluding hydrogens is 406 g/mol. The van der Waals surface area contributed by atoms with Gasteiger partial charge < -0.3 is 9.84 Å². The van der Waals surface area contributed by atoms with Crippen LogP contribution in [0.4, 0.5) is 8.78 Å². The Bertz CT molecular complexity index is 912. The van der Waals surface area contributed by atoms with Crippen LogP contribution in [-0.4, -0.2) is 46.2 Å². The molecule has 0 aromatic heterocycles. The van der Waals surface area contributed by atoms with E-state index in [9.17, 15) is 19.5 Å². The zero-order valence-electron chi connectivity index (χ0n) is 18.4. The number of carbonyl (C=O) groups is 3. The number of alkyl halides is 2. The SMILES string of the molecule is CCC(=O)O[C@]1(C(C)=O)CC[C@H]2[C@@H]3C[C@H](F)C4=CC(=O)C=C[C@]4(C)[C@@]3(F)[C@@H](O)C[C@@]21C. The van der Waals surface area contributed by atoms with Gasteiger partial charge in [-0.15, -0.1) is 0 Å². The topological polar surface area (TPSA) is 80.7 Å². The second kappa shape index (κ2) is 6.80. The zero-order chi connectivity index (χ0) is 23.0. The van der Waals surface area contributed by atoms with E-state index < -0.39 is 58.0 Å². The van der Waals surface area contributed by atoms with Crippen molar-refractivity contribution in [3.05, 3.63) is 23.8 Å². The van der Waals surface area contributed by atoms with E-state index in [-0.39, 0.29) is 37.0 Å². The largest absolute Gasteiger partial charge is 0.450 e. The van der Waals surface area contributed by atoms with Crippen molar-refractivity contribution in [3.63, 3.8) is 0 Å². The van der Waals surface area contributed by atoms with Crippen molar-refractivity contribution >= 4 is 17.5 Å². The van der Waals surface area contributed by atoms with Gasteiger partial charge in [0.2, 0.25) is 0 Å². The number of aliphatic hydroxyl groups excluding tert-OH is 1. The van der Waals surface area contributed by atoms with Crippen LogP contribution in [0, 0.1) is 22.7 Å². The highest BCUT2D eigenvalue weighted by Crippen LogP contribution is 2.70. The molecule has 31 heavy (non-hydrogen) atoms. The third kappa shape index (κ3) is 2.58. The predicted molar refractivity (Wildman–Crippen MR) is 108 cm³/mol. The van der Waals surface area contributed by atoms with Gasteiger partial charge in [-0.25, -0.2) is 8.78 Å². The van der Waals surface area contributed by atoms with Crippen molar-refractivity contribution in [1.82, 2.24) is 0 Å². The fraction of sp³-hybridized carbons (Fsp3) is 0.708. The van der Waals surface area contributed by atoms with Gasteiger partial charge in [0.1, 0.15) is 6.17 Å². The molecule has 7 heteroatoms. The monoisotopic (exact) mass is 436 g/mol. The van der Waals surface area contributed by atoms with E-state index >= 15 is 8.78 Å². The maximum atomic E-state index is 17.0. The van der Waals surface area contributed by atoms with E-state index in [0.29, 0.717) is 6.42 Å². The van der Waals surface area contributed by atoms with Gasteiger partial charge in [-0.2, -0.15) is 0 Å². The summed E-state index contributed by atoms with van der Waals surface area (Å²) in [7, 11) is 0. The smallest absolute Gasteiger partial charge is 0.306 e. The summed E-state index contributed by atoms with van der Waals surface area (Å²) in [5.41, 5.74) is -6.09. The summed E-state index contributed by atoms with van der Waals surface area (Å²) in [5.74, 6) is -2.60. The molecule has 3 saturated carbocycles. The molecule has 8 atom stereocenters. The van der Waals surface area contributed by atoms with Crippen LogP contribution in [0.25, 0.3) is 0 Å². The Morgan fingerprint density at radius 2 is 1.97 bits per heavy atom. The molecule has 0 heterocycles. The average Bonchev–Trinajstić information content (AvgIpc) is 2.98. The molecule has 4 aliphatic carbocycles. The van der Waals surface area contributed by atoms with Crippen molar-refractivity contribution in [1.29, 1.82) is 0 Å². The van der Waals surface area contributed by atoms with Crippen LogP contribution in [0.1, 0.15) is 59.8 Å². The Hall–Kier alpha value is -1.89. The number of allylic oxidation sites excluding steroid dienone is 4. The summed E-state index contributed by atoms with van der Waals surface area (Å²) in [6.07, 6.45) is 1.14. The molecular formula is C24H30F2O5. The van der Waals surface area contributed by atoms with Crippen molar-refractivity contribution in [3.8, 4) is 0 Å². The van der Waals surface area contributed by atoms with Gasteiger partial charge in [0.05, 0.1) is 6.10 Å². The first kappa shape index (κ1) is 22.3. The number of fused-ring (bicyclic) bond motifs is 5. The van der Waals surface area contributed by atoms with Crippen LogP contribution in [-0.2, 0) is 19.1 Å². The molecule has 5 nitrogen and oxygen atoms in total. The highest BCUT2D eigenvalue weighted by Gasteiger charge is 2.76. The lowest BCUT2D eigenvalue weighted by molar-refractivity contribution is -0.228. The summed E-state index contributed by atoms with van der Waals surface area (Å²) in [6, 6.07) is 0. The molecule has 0 saturated heterocycles. The van der Waals surface area contributed by atoms with E-state index in [2.05, 4.69) is 0 Å². The van der Waals surface area contributed by atoms with Crippen molar-refractivity contribution < 1.29 is 33.0 Å². The third-order valence-electron chi connectivity index (χ3n) is 8.89. The molecule has 4 aliphatic rings. The number of Topliss-reactive ketones (excluding diaryl/α,β-unsaturated/α-hetero) is 1. The lowest BCUT2D eigenvalue weighted by Crippen LogP contribution is -2.70. The summed E-state index contributed by atoms with van der Waals surface area (Å²) in [4.78, 5) is 36.9. The molecule has 0 spiro atoms. The Kier molecular flexibility index (Phi) is 4.90. The molecule has 0 aliphatic heterocycles. The molecule has 0 bridgehead atoms. The molecule has 0 aromatic rings. The second-order valence-corrected chi connectivity index (χ2v) is 10.1. The van der Waals surface area contributed by atoms with Gasteiger partial charge in [-0.05, 0) is 63.2 Å². The van der Waals surface area contributed by atoms with Crippen LogP contribution in [0.15, 0.2) is 23.8 Å². The van der Waals surface area contributed by atoms with Crippen LogP contribution in [0.5, 0.6) is 0 Å². The van der Waals surface area contributed by atoms with E-state index in [1.54, 1.807) is 13.8 Å². The Morgan fingerprint density at radius 3 is 2.58 bits per heavy atom. The van der Waals surface area contributed by atoms with Gasteiger partial charge in [-0.3, -0.25) is 14.4 Å². The number of hydrogen-bond donors (Lipinski definition) is 1. The minimum Gasteiger partial charge on any atom is -0.450 e.